The van der Waals surface area contributed by atoms with Gasteiger partial charge in [0.25, 0.3) is 5.91 Å². The third kappa shape index (κ3) is 2.95. The molecule has 0 bridgehead atoms. The third-order valence-corrected chi connectivity index (χ3v) is 4.80. The van der Waals surface area contributed by atoms with Crippen LogP contribution in [-0.2, 0) is 13.0 Å². The molecule has 3 aromatic carbocycles. The Morgan fingerprint density at radius 3 is 2.58 bits per heavy atom. The molecule has 1 aromatic heterocycles. The van der Waals surface area contributed by atoms with Crippen molar-refractivity contribution in [1.29, 1.82) is 0 Å². The maximum Gasteiger partial charge on any atom is 0.251 e. The summed E-state index contributed by atoms with van der Waals surface area (Å²) in [4.78, 5) is 15.9. The van der Waals surface area contributed by atoms with Crippen LogP contribution in [0.2, 0.25) is 0 Å². The lowest BCUT2D eigenvalue weighted by molar-refractivity contribution is 0.0951. The number of rotatable bonds is 5. The molecule has 0 fully saturated rings. The Labute approximate surface area is 151 Å². The quantitative estimate of drug-likeness (QED) is 0.516. The number of amides is 1. The Balaban J connectivity index is 1.51. The number of aliphatic hydroxyl groups is 1. The number of carbonyl (C=O) groups is 1. The highest BCUT2D eigenvalue weighted by Crippen LogP contribution is 2.23. The second-order valence-corrected chi connectivity index (χ2v) is 6.34. The van der Waals surface area contributed by atoms with Gasteiger partial charge in [-0.05, 0) is 40.5 Å². The highest BCUT2D eigenvalue weighted by molar-refractivity contribution is 6.01. The van der Waals surface area contributed by atoms with E-state index in [9.17, 15) is 9.90 Å². The topological polar surface area (TPSA) is 65.1 Å². The summed E-state index contributed by atoms with van der Waals surface area (Å²) in [7, 11) is 0. The van der Waals surface area contributed by atoms with Crippen LogP contribution in [0.3, 0.4) is 0 Å². The van der Waals surface area contributed by atoms with Crippen molar-refractivity contribution in [1.82, 2.24) is 10.3 Å². The first-order valence-corrected chi connectivity index (χ1v) is 8.72. The number of benzene rings is 3. The van der Waals surface area contributed by atoms with E-state index in [1.807, 2.05) is 54.7 Å². The monoisotopic (exact) mass is 344 g/mol. The molecule has 4 nitrogen and oxygen atoms in total. The summed E-state index contributed by atoms with van der Waals surface area (Å²) in [6, 6.07) is 19.6. The Bertz CT molecular complexity index is 1080. The lowest BCUT2D eigenvalue weighted by atomic mass is 9.99. The second-order valence-electron chi connectivity index (χ2n) is 6.34. The number of para-hydroxylation sites is 1. The predicted octanol–water partition coefficient (Wildman–Crippen LogP) is 3.79. The first kappa shape index (κ1) is 16.4. The summed E-state index contributed by atoms with van der Waals surface area (Å²) >= 11 is 0. The van der Waals surface area contributed by atoms with Gasteiger partial charge >= 0.3 is 0 Å². The molecule has 0 aliphatic rings. The minimum Gasteiger partial charge on any atom is -0.392 e. The van der Waals surface area contributed by atoms with Crippen LogP contribution in [0.4, 0.5) is 0 Å². The Morgan fingerprint density at radius 1 is 0.962 bits per heavy atom. The molecule has 4 rings (SSSR count). The largest absolute Gasteiger partial charge is 0.392 e. The lowest BCUT2D eigenvalue weighted by Crippen LogP contribution is -2.26. The van der Waals surface area contributed by atoms with Gasteiger partial charge in [0.05, 0.1) is 6.61 Å². The molecule has 0 aliphatic heterocycles. The maximum atomic E-state index is 12.6. The van der Waals surface area contributed by atoms with Gasteiger partial charge in [0.15, 0.2) is 0 Å². The van der Waals surface area contributed by atoms with Gasteiger partial charge in [-0.2, -0.15) is 0 Å². The van der Waals surface area contributed by atoms with Crippen molar-refractivity contribution in [3.05, 3.63) is 83.6 Å². The molecule has 4 heteroatoms. The van der Waals surface area contributed by atoms with Crippen LogP contribution in [0.5, 0.6) is 0 Å². The predicted molar refractivity (Wildman–Crippen MR) is 104 cm³/mol. The van der Waals surface area contributed by atoms with Crippen LogP contribution in [0, 0.1) is 0 Å². The molecule has 0 aliphatic carbocycles. The smallest absolute Gasteiger partial charge is 0.251 e. The van der Waals surface area contributed by atoms with Gasteiger partial charge in [-0.1, -0.05) is 48.5 Å². The van der Waals surface area contributed by atoms with Crippen LogP contribution < -0.4 is 5.32 Å². The van der Waals surface area contributed by atoms with Crippen molar-refractivity contribution in [3.8, 4) is 0 Å². The van der Waals surface area contributed by atoms with Gasteiger partial charge in [-0.3, -0.25) is 4.79 Å². The molecular formula is C22H20N2O2. The van der Waals surface area contributed by atoms with E-state index in [4.69, 9.17) is 0 Å². The lowest BCUT2D eigenvalue weighted by Gasteiger charge is -2.11. The summed E-state index contributed by atoms with van der Waals surface area (Å²) in [5, 5.41) is 15.9. The highest BCUT2D eigenvalue weighted by Gasteiger charge is 2.13. The van der Waals surface area contributed by atoms with Crippen molar-refractivity contribution in [2.45, 2.75) is 13.0 Å². The first-order chi connectivity index (χ1) is 12.8. The zero-order valence-corrected chi connectivity index (χ0v) is 14.3. The molecule has 1 amide bonds. The van der Waals surface area contributed by atoms with Crippen molar-refractivity contribution in [2.24, 2.45) is 0 Å². The number of aliphatic hydroxyl groups excluding tert-OH is 1. The van der Waals surface area contributed by atoms with E-state index in [1.165, 1.54) is 10.9 Å². The van der Waals surface area contributed by atoms with Gasteiger partial charge < -0.3 is 15.4 Å². The average molecular weight is 344 g/mol. The standard InChI is InChI=1S/C22H20N2O2/c25-14-20-17-6-2-1-5-15(17)9-10-19(20)22(26)23-12-11-16-13-24-21-8-4-3-7-18(16)21/h1-10,13,24-25H,11-12,14H2,(H,23,26). The molecule has 130 valence electrons. The fraction of sp³-hybridized carbons (Fsp3) is 0.136. The molecule has 4 aromatic rings. The number of hydrogen-bond acceptors (Lipinski definition) is 2. The number of hydrogen-bond donors (Lipinski definition) is 3. The van der Waals surface area contributed by atoms with Crippen LogP contribution in [0.25, 0.3) is 21.7 Å². The summed E-state index contributed by atoms with van der Waals surface area (Å²) in [6.45, 7) is 0.380. The second kappa shape index (κ2) is 7.02. The number of aromatic amines is 1. The van der Waals surface area contributed by atoms with E-state index in [1.54, 1.807) is 6.07 Å². The first-order valence-electron chi connectivity index (χ1n) is 8.72. The molecule has 1 heterocycles. The SMILES string of the molecule is O=C(NCCc1c[nH]c2ccccc12)c1ccc2ccccc2c1CO. The Morgan fingerprint density at radius 2 is 1.73 bits per heavy atom. The molecular weight excluding hydrogens is 324 g/mol. The van der Waals surface area contributed by atoms with Gasteiger partial charge in [0.1, 0.15) is 0 Å². The number of carbonyl (C=O) groups excluding carboxylic acids is 1. The molecule has 26 heavy (non-hydrogen) atoms. The van der Waals surface area contributed by atoms with Gasteiger partial charge in [-0.15, -0.1) is 0 Å². The van der Waals surface area contributed by atoms with Crippen molar-refractivity contribution in [2.75, 3.05) is 6.54 Å². The highest BCUT2D eigenvalue weighted by atomic mass is 16.3. The summed E-state index contributed by atoms with van der Waals surface area (Å²) in [5.41, 5.74) is 3.49. The molecule has 0 radical (unpaired) electrons. The van der Waals surface area contributed by atoms with E-state index in [-0.39, 0.29) is 12.5 Å². The minimum atomic E-state index is -0.160. The molecule has 0 saturated carbocycles. The maximum absolute atomic E-state index is 12.6. The van der Waals surface area contributed by atoms with Gasteiger partial charge in [0, 0.05) is 29.2 Å². The normalized spacial score (nSPS) is 11.1. The molecule has 0 saturated heterocycles. The number of fused-ring (bicyclic) bond motifs is 2. The van der Waals surface area contributed by atoms with Gasteiger partial charge in [0.2, 0.25) is 0 Å². The number of nitrogens with one attached hydrogen (secondary N) is 2. The zero-order valence-electron chi connectivity index (χ0n) is 14.3. The fourth-order valence-electron chi connectivity index (χ4n) is 3.46. The van der Waals surface area contributed by atoms with Crippen molar-refractivity contribution >= 4 is 27.6 Å². The summed E-state index contributed by atoms with van der Waals surface area (Å²) in [6.07, 6.45) is 2.74. The number of aromatic nitrogens is 1. The van der Waals surface area contributed by atoms with E-state index < -0.39 is 0 Å². The number of H-pyrrole nitrogens is 1. The van der Waals surface area contributed by atoms with Crippen molar-refractivity contribution in [3.63, 3.8) is 0 Å². The molecule has 0 unspecified atom stereocenters. The zero-order chi connectivity index (χ0) is 17.9. The summed E-state index contributed by atoms with van der Waals surface area (Å²) < 4.78 is 0. The molecule has 3 N–H and O–H groups in total. The molecule has 0 spiro atoms. The van der Waals surface area contributed by atoms with E-state index in [0.29, 0.717) is 17.7 Å². The van der Waals surface area contributed by atoms with E-state index in [0.717, 1.165) is 22.7 Å². The summed E-state index contributed by atoms with van der Waals surface area (Å²) in [5.74, 6) is -0.153. The van der Waals surface area contributed by atoms with Crippen LogP contribution in [0.15, 0.2) is 66.9 Å². The average Bonchev–Trinajstić information content (AvgIpc) is 3.10. The van der Waals surface area contributed by atoms with Crippen LogP contribution >= 0.6 is 0 Å². The van der Waals surface area contributed by atoms with Crippen molar-refractivity contribution < 1.29 is 9.90 Å². The van der Waals surface area contributed by atoms with E-state index in [2.05, 4.69) is 16.4 Å². The molecule has 0 atom stereocenters. The Kier molecular flexibility index (Phi) is 4.42. The Hall–Kier alpha value is -3.11. The third-order valence-electron chi connectivity index (χ3n) is 4.80. The van der Waals surface area contributed by atoms with Gasteiger partial charge in [-0.25, -0.2) is 0 Å². The minimum absolute atomic E-state index is 0.153. The fourth-order valence-corrected chi connectivity index (χ4v) is 3.46. The van der Waals surface area contributed by atoms with E-state index >= 15 is 0 Å². The van der Waals surface area contributed by atoms with Crippen LogP contribution in [-0.4, -0.2) is 22.5 Å². The van der Waals surface area contributed by atoms with Crippen LogP contribution in [0.1, 0.15) is 21.5 Å².